The van der Waals surface area contributed by atoms with Crippen molar-refractivity contribution in [2.45, 2.75) is 20.3 Å². The van der Waals surface area contributed by atoms with E-state index in [-0.39, 0.29) is 18.3 Å². The van der Waals surface area contributed by atoms with Gasteiger partial charge in [-0.05, 0) is 24.7 Å². The molecule has 0 saturated carbocycles. The van der Waals surface area contributed by atoms with Gasteiger partial charge in [0.1, 0.15) is 0 Å². The average Bonchev–Trinajstić information content (AvgIpc) is 2.69. The van der Waals surface area contributed by atoms with Crippen molar-refractivity contribution in [2.24, 2.45) is 0 Å². The lowest BCUT2D eigenvalue weighted by atomic mass is 10.2. The van der Waals surface area contributed by atoms with Gasteiger partial charge in [-0.3, -0.25) is 4.79 Å². The van der Waals surface area contributed by atoms with Crippen LogP contribution in [-0.4, -0.2) is 30.4 Å². The molecule has 0 unspecified atom stereocenters. The van der Waals surface area contributed by atoms with Gasteiger partial charge in [0.15, 0.2) is 0 Å². The van der Waals surface area contributed by atoms with Crippen LogP contribution in [-0.2, 0) is 4.79 Å². The quantitative estimate of drug-likeness (QED) is 0.878. The lowest BCUT2D eigenvalue weighted by molar-refractivity contribution is -0.116. The van der Waals surface area contributed by atoms with Crippen LogP contribution >= 0.6 is 12.4 Å². The Morgan fingerprint density at radius 3 is 2.48 bits per heavy atom. The molecule has 0 bridgehead atoms. The van der Waals surface area contributed by atoms with Crippen LogP contribution in [0.25, 0.3) is 11.1 Å². The van der Waals surface area contributed by atoms with Crippen LogP contribution in [0.15, 0.2) is 42.5 Å². The van der Waals surface area contributed by atoms with E-state index in [0.717, 1.165) is 36.4 Å². The highest BCUT2D eigenvalue weighted by atomic mass is 35.5. The molecule has 3 nitrogen and oxygen atoms in total. The van der Waals surface area contributed by atoms with Gasteiger partial charge in [0.05, 0.1) is 0 Å². The van der Waals surface area contributed by atoms with Gasteiger partial charge in [-0.1, -0.05) is 50.2 Å². The molecule has 0 aromatic carbocycles. The van der Waals surface area contributed by atoms with Gasteiger partial charge >= 0.3 is 0 Å². The van der Waals surface area contributed by atoms with Crippen LogP contribution in [0.4, 0.5) is 5.69 Å². The topological polar surface area (TPSA) is 32.3 Å². The average molecular weight is 307 g/mol. The molecule has 114 valence electrons. The molecule has 4 heteroatoms. The van der Waals surface area contributed by atoms with Crippen LogP contribution in [0.2, 0.25) is 0 Å². The van der Waals surface area contributed by atoms with Gasteiger partial charge in [0.25, 0.3) is 0 Å². The summed E-state index contributed by atoms with van der Waals surface area (Å²) >= 11 is 0. The zero-order valence-electron chi connectivity index (χ0n) is 12.6. The number of nitrogens with zero attached hydrogens (tertiary/aromatic N) is 1. The molecule has 0 atom stereocenters. The van der Waals surface area contributed by atoms with E-state index in [4.69, 9.17) is 0 Å². The Balaban J connectivity index is 0.00000220. The van der Waals surface area contributed by atoms with E-state index >= 15 is 0 Å². The number of hydrogen-bond acceptors (Lipinski definition) is 2. The maximum Gasteiger partial charge on any atom is 0.225 e. The SMILES string of the molecule is CCN(CC)CCC(=O)Nc1ccc2cccccc1-2.Cl. The number of anilines is 1. The summed E-state index contributed by atoms with van der Waals surface area (Å²) < 4.78 is 0. The molecular formula is C17H23ClN2O. The molecule has 2 aliphatic carbocycles. The number of fused-ring (bicyclic) bond motifs is 1. The van der Waals surface area contributed by atoms with E-state index in [2.05, 4.69) is 30.1 Å². The van der Waals surface area contributed by atoms with E-state index < -0.39 is 0 Å². The first-order chi connectivity index (χ1) is 9.74. The van der Waals surface area contributed by atoms with Gasteiger partial charge in [-0.15, -0.1) is 12.4 Å². The highest BCUT2D eigenvalue weighted by Crippen LogP contribution is 2.31. The Labute approximate surface area is 133 Å². The zero-order chi connectivity index (χ0) is 14.4. The van der Waals surface area contributed by atoms with E-state index in [1.54, 1.807) is 0 Å². The molecule has 2 rings (SSSR count). The van der Waals surface area contributed by atoms with Crippen LogP contribution in [0.5, 0.6) is 0 Å². The lowest BCUT2D eigenvalue weighted by Crippen LogP contribution is -2.27. The van der Waals surface area contributed by atoms with Gasteiger partial charge < -0.3 is 10.2 Å². The Morgan fingerprint density at radius 1 is 1.05 bits per heavy atom. The van der Waals surface area contributed by atoms with E-state index in [1.807, 2.05) is 36.4 Å². The fourth-order valence-corrected chi connectivity index (χ4v) is 2.34. The van der Waals surface area contributed by atoms with Crippen LogP contribution in [0.1, 0.15) is 20.3 Å². The molecule has 0 fully saturated rings. The molecule has 1 N–H and O–H groups in total. The van der Waals surface area contributed by atoms with Crippen molar-refractivity contribution in [3.63, 3.8) is 0 Å². The van der Waals surface area contributed by atoms with Crippen LogP contribution in [0.3, 0.4) is 0 Å². The molecule has 0 radical (unpaired) electrons. The maximum absolute atomic E-state index is 12.0. The van der Waals surface area contributed by atoms with Crippen molar-refractivity contribution in [2.75, 3.05) is 25.0 Å². The van der Waals surface area contributed by atoms with Crippen molar-refractivity contribution in [3.8, 4) is 11.1 Å². The summed E-state index contributed by atoms with van der Waals surface area (Å²) in [6, 6.07) is 14.1. The predicted molar refractivity (Wildman–Crippen MR) is 91.3 cm³/mol. The molecule has 2 aliphatic rings. The largest absolute Gasteiger partial charge is 0.325 e. The minimum Gasteiger partial charge on any atom is -0.325 e. The second kappa shape index (κ2) is 8.65. The molecule has 0 aromatic heterocycles. The number of nitrogens with one attached hydrogen (secondary N) is 1. The Bertz CT molecular complexity index is 540. The first kappa shape index (κ1) is 17.5. The Kier molecular flexibility index (Phi) is 7.20. The van der Waals surface area contributed by atoms with Crippen molar-refractivity contribution in [1.82, 2.24) is 4.90 Å². The molecule has 0 saturated heterocycles. The van der Waals surface area contributed by atoms with Crippen LogP contribution < -0.4 is 5.32 Å². The normalized spacial score (nSPS) is 10.4. The van der Waals surface area contributed by atoms with Gasteiger partial charge in [-0.2, -0.15) is 0 Å². The third-order valence-electron chi connectivity index (χ3n) is 3.62. The summed E-state index contributed by atoms with van der Waals surface area (Å²) in [6.07, 6.45) is 0.535. The lowest BCUT2D eigenvalue weighted by Gasteiger charge is -2.17. The maximum atomic E-state index is 12.0. The summed E-state index contributed by atoms with van der Waals surface area (Å²) in [5, 5.41) is 3.02. The highest BCUT2D eigenvalue weighted by molar-refractivity contribution is 5.96. The third-order valence-corrected chi connectivity index (χ3v) is 3.62. The second-order valence-electron chi connectivity index (χ2n) is 4.85. The predicted octanol–water partition coefficient (Wildman–Crippen LogP) is 3.88. The summed E-state index contributed by atoms with van der Waals surface area (Å²) in [5.74, 6) is 0.0795. The minimum absolute atomic E-state index is 0. The summed E-state index contributed by atoms with van der Waals surface area (Å²) in [5.41, 5.74) is 3.14. The fourth-order valence-electron chi connectivity index (χ4n) is 2.34. The third kappa shape index (κ3) is 4.73. The zero-order valence-corrected chi connectivity index (χ0v) is 13.5. The van der Waals surface area contributed by atoms with Crippen molar-refractivity contribution >= 4 is 24.0 Å². The number of rotatable bonds is 6. The molecule has 0 spiro atoms. The molecule has 0 heterocycles. The van der Waals surface area contributed by atoms with Gasteiger partial charge in [0.2, 0.25) is 5.91 Å². The molecule has 21 heavy (non-hydrogen) atoms. The Hall–Kier alpha value is -1.58. The van der Waals surface area contributed by atoms with E-state index in [1.165, 1.54) is 0 Å². The summed E-state index contributed by atoms with van der Waals surface area (Å²) in [6.45, 7) is 7.02. The molecular weight excluding hydrogens is 284 g/mol. The fraction of sp³-hybridized carbons (Fsp3) is 0.353. The standard InChI is InChI=1S/C17H22N2O.ClH/c1-3-19(4-2)13-12-17(20)18-16-11-10-14-8-6-5-7-9-15(14)16;/h5-11H,3-4,12-13H2,1-2H3,(H,18,20);1H. The molecule has 0 aromatic rings. The smallest absolute Gasteiger partial charge is 0.225 e. The minimum atomic E-state index is 0. The van der Waals surface area contributed by atoms with Crippen molar-refractivity contribution in [1.29, 1.82) is 0 Å². The van der Waals surface area contributed by atoms with E-state index in [9.17, 15) is 4.79 Å². The number of halogens is 1. The number of amides is 1. The summed E-state index contributed by atoms with van der Waals surface area (Å²) in [7, 11) is 0. The second-order valence-corrected chi connectivity index (χ2v) is 4.85. The van der Waals surface area contributed by atoms with Crippen molar-refractivity contribution in [3.05, 3.63) is 42.5 Å². The van der Waals surface area contributed by atoms with Gasteiger partial charge in [0, 0.05) is 24.2 Å². The molecule has 0 aliphatic heterocycles. The van der Waals surface area contributed by atoms with Crippen molar-refractivity contribution < 1.29 is 4.79 Å². The number of hydrogen-bond donors (Lipinski definition) is 1. The summed E-state index contributed by atoms with van der Waals surface area (Å²) in [4.78, 5) is 14.3. The number of carbonyl (C=O) groups is 1. The molecule has 1 amide bonds. The first-order valence-corrected chi connectivity index (χ1v) is 7.24. The van der Waals surface area contributed by atoms with E-state index in [0.29, 0.717) is 6.42 Å². The highest BCUT2D eigenvalue weighted by Gasteiger charge is 2.11. The van der Waals surface area contributed by atoms with Gasteiger partial charge in [-0.25, -0.2) is 0 Å². The first-order valence-electron chi connectivity index (χ1n) is 7.24. The monoisotopic (exact) mass is 306 g/mol. The Morgan fingerprint density at radius 2 is 1.76 bits per heavy atom. The number of carbonyl (C=O) groups excluding carboxylic acids is 1. The van der Waals surface area contributed by atoms with Crippen LogP contribution in [0, 0.1) is 0 Å².